The molecule has 0 bridgehead atoms. The van der Waals surface area contributed by atoms with Crippen molar-refractivity contribution in [3.63, 3.8) is 0 Å². The molecule has 0 aromatic carbocycles. The summed E-state index contributed by atoms with van der Waals surface area (Å²) in [4.78, 5) is 10.8. The maximum Gasteiger partial charge on any atom is 0.303 e. The Kier molecular flexibility index (Phi) is 25.2. The van der Waals surface area contributed by atoms with Crippen molar-refractivity contribution in [3.8, 4) is 0 Å². The molecule has 0 radical (unpaired) electrons. The van der Waals surface area contributed by atoms with Gasteiger partial charge in [0.15, 0.2) is 0 Å². The summed E-state index contributed by atoms with van der Waals surface area (Å²) in [6, 6.07) is 0. The Balaban J connectivity index is 4.79. The van der Waals surface area contributed by atoms with E-state index in [1.54, 1.807) is 0 Å². The summed E-state index contributed by atoms with van der Waals surface area (Å²) in [5.41, 5.74) is 0.563. The Labute approximate surface area is 215 Å². The molecule has 0 saturated carbocycles. The Hall–Kier alpha value is -0.530. The number of carboxylic acids is 1. The molecule has 1 N–H and O–H groups in total. The van der Waals surface area contributed by atoms with Crippen molar-refractivity contribution in [2.75, 3.05) is 0 Å². The van der Waals surface area contributed by atoms with Crippen LogP contribution in [0.25, 0.3) is 0 Å². The van der Waals surface area contributed by atoms with Gasteiger partial charge in [-0.05, 0) is 37.5 Å². The second-order valence-electron chi connectivity index (χ2n) is 11.4. The van der Waals surface area contributed by atoms with E-state index < -0.39 is 5.97 Å². The van der Waals surface area contributed by atoms with Crippen molar-refractivity contribution in [1.29, 1.82) is 0 Å². The maximum atomic E-state index is 10.8. The van der Waals surface area contributed by atoms with Crippen molar-refractivity contribution >= 4 is 5.97 Å². The first-order valence-corrected chi connectivity index (χ1v) is 15.8. The highest BCUT2D eigenvalue weighted by atomic mass is 16.4. The maximum absolute atomic E-state index is 10.8. The zero-order chi connectivity index (χ0) is 25.2. The smallest absolute Gasteiger partial charge is 0.303 e. The van der Waals surface area contributed by atoms with E-state index in [0.717, 1.165) is 12.8 Å². The van der Waals surface area contributed by atoms with E-state index in [4.69, 9.17) is 5.11 Å². The number of unbranched alkanes of at least 4 members (excludes halogenated alkanes) is 18. The lowest BCUT2D eigenvalue weighted by Gasteiger charge is -2.35. The van der Waals surface area contributed by atoms with E-state index in [1.165, 1.54) is 154 Å². The lowest BCUT2D eigenvalue weighted by molar-refractivity contribution is -0.137. The number of carbonyl (C=O) groups is 1. The first-order valence-electron chi connectivity index (χ1n) is 15.8. The molecule has 2 heteroatoms. The average molecular weight is 481 g/mol. The third-order valence-electron chi connectivity index (χ3n) is 8.03. The summed E-state index contributed by atoms with van der Waals surface area (Å²) < 4.78 is 0. The van der Waals surface area contributed by atoms with Gasteiger partial charge in [-0.15, -0.1) is 0 Å². The Morgan fingerprint density at radius 1 is 0.441 bits per heavy atom. The molecule has 0 aliphatic heterocycles. The van der Waals surface area contributed by atoms with Gasteiger partial charge in [0, 0.05) is 6.42 Å². The zero-order valence-corrected chi connectivity index (χ0v) is 23.9. The van der Waals surface area contributed by atoms with Gasteiger partial charge < -0.3 is 5.11 Å². The van der Waals surface area contributed by atoms with Crippen LogP contribution < -0.4 is 0 Å². The van der Waals surface area contributed by atoms with Crippen molar-refractivity contribution in [2.45, 2.75) is 194 Å². The van der Waals surface area contributed by atoms with E-state index in [0.29, 0.717) is 11.8 Å². The number of carboxylic acid groups (broad SMARTS) is 1. The standard InChI is InChI=1S/C32H64O2/c1-4-7-10-13-17-22-27-32(28-23-18-14-11-8-5-2,29-24-19-15-12-9-6-3)30-25-20-16-21-26-31(33)34/h4-30H2,1-3H3,(H,33,34). The minimum atomic E-state index is -0.636. The van der Waals surface area contributed by atoms with Crippen LogP contribution in [0.3, 0.4) is 0 Å². The van der Waals surface area contributed by atoms with E-state index >= 15 is 0 Å². The van der Waals surface area contributed by atoms with Gasteiger partial charge >= 0.3 is 5.97 Å². The Bertz CT molecular complexity index is 376. The molecule has 0 heterocycles. The minimum absolute atomic E-state index is 0.346. The molecule has 0 amide bonds. The fourth-order valence-corrected chi connectivity index (χ4v) is 5.72. The zero-order valence-electron chi connectivity index (χ0n) is 23.9. The van der Waals surface area contributed by atoms with Crippen molar-refractivity contribution in [3.05, 3.63) is 0 Å². The van der Waals surface area contributed by atoms with Gasteiger partial charge in [0.2, 0.25) is 0 Å². The topological polar surface area (TPSA) is 37.3 Å². The highest BCUT2D eigenvalue weighted by Crippen LogP contribution is 2.42. The molecule has 0 aliphatic carbocycles. The predicted octanol–water partition coefficient (Wildman–Crippen LogP) is 11.6. The van der Waals surface area contributed by atoms with Gasteiger partial charge in [-0.1, -0.05) is 156 Å². The first-order chi connectivity index (χ1) is 16.6. The van der Waals surface area contributed by atoms with Crippen LogP contribution in [0.15, 0.2) is 0 Å². The SMILES string of the molecule is CCCCCCCCC(CCCCCCCC)(CCCCCCCC)CCCCCCC(=O)O. The number of hydrogen-bond acceptors (Lipinski definition) is 1. The fourth-order valence-electron chi connectivity index (χ4n) is 5.72. The second kappa shape index (κ2) is 25.6. The predicted molar refractivity (Wildman–Crippen MR) is 152 cm³/mol. The van der Waals surface area contributed by atoms with E-state index in [1.807, 2.05) is 0 Å². The fraction of sp³-hybridized carbons (Fsp3) is 0.969. The van der Waals surface area contributed by atoms with Crippen LogP contribution in [0.1, 0.15) is 194 Å². The highest BCUT2D eigenvalue weighted by Gasteiger charge is 2.28. The third kappa shape index (κ3) is 22.0. The summed E-state index contributed by atoms with van der Waals surface area (Å²) in [6.07, 6.45) is 35.8. The number of hydrogen-bond donors (Lipinski definition) is 1. The molecule has 0 aromatic rings. The summed E-state index contributed by atoms with van der Waals surface area (Å²) >= 11 is 0. The minimum Gasteiger partial charge on any atom is -0.481 e. The number of aliphatic carboxylic acids is 1. The Morgan fingerprint density at radius 3 is 1.00 bits per heavy atom. The molecule has 0 fully saturated rings. The number of rotatable bonds is 28. The van der Waals surface area contributed by atoms with Gasteiger partial charge in [-0.2, -0.15) is 0 Å². The molecular formula is C32H64O2. The van der Waals surface area contributed by atoms with E-state index in [-0.39, 0.29) is 0 Å². The molecule has 0 aromatic heterocycles. The molecule has 0 aliphatic rings. The van der Waals surface area contributed by atoms with E-state index in [9.17, 15) is 4.79 Å². The molecule has 0 atom stereocenters. The van der Waals surface area contributed by atoms with Gasteiger partial charge in [0.25, 0.3) is 0 Å². The monoisotopic (exact) mass is 480 g/mol. The van der Waals surface area contributed by atoms with Crippen molar-refractivity contribution in [2.24, 2.45) is 5.41 Å². The summed E-state index contributed by atoms with van der Waals surface area (Å²) in [6.45, 7) is 6.92. The third-order valence-corrected chi connectivity index (χ3v) is 8.03. The van der Waals surface area contributed by atoms with Crippen LogP contribution in [-0.4, -0.2) is 11.1 Å². The molecule has 0 unspecified atom stereocenters. The van der Waals surface area contributed by atoms with Crippen molar-refractivity contribution in [1.82, 2.24) is 0 Å². The quantitative estimate of drug-likeness (QED) is 0.113. The highest BCUT2D eigenvalue weighted by molar-refractivity contribution is 5.66. The van der Waals surface area contributed by atoms with E-state index in [2.05, 4.69) is 20.8 Å². The van der Waals surface area contributed by atoms with Gasteiger partial charge in [-0.25, -0.2) is 0 Å². The average Bonchev–Trinajstić information content (AvgIpc) is 2.82. The molecular weight excluding hydrogens is 416 g/mol. The molecule has 0 saturated heterocycles. The normalized spacial score (nSPS) is 11.9. The Morgan fingerprint density at radius 2 is 0.706 bits per heavy atom. The van der Waals surface area contributed by atoms with Crippen LogP contribution in [0.2, 0.25) is 0 Å². The van der Waals surface area contributed by atoms with Crippen LogP contribution >= 0.6 is 0 Å². The molecule has 0 spiro atoms. The summed E-state index contributed by atoms with van der Waals surface area (Å²) in [5, 5.41) is 8.92. The molecule has 204 valence electrons. The summed E-state index contributed by atoms with van der Waals surface area (Å²) in [5.74, 6) is -0.636. The van der Waals surface area contributed by atoms with Crippen LogP contribution in [0, 0.1) is 5.41 Å². The van der Waals surface area contributed by atoms with Gasteiger partial charge in [0.05, 0.1) is 0 Å². The largest absolute Gasteiger partial charge is 0.481 e. The van der Waals surface area contributed by atoms with Crippen LogP contribution in [0.4, 0.5) is 0 Å². The van der Waals surface area contributed by atoms with Crippen molar-refractivity contribution < 1.29 is 9.90 Å². The van der Waals surface area contributed by atoms with Gasteiger partial charge in [-0.3, -0.25) is 4.79 Å². The lowest BCUT2D eigenvalue weighted by Crippen LogP contribution is -2.21. The van der Waals surface area contributed by atoms with Crippen LogP contribution in [-0.2, 0) is 4.79 Å². The molecule has 34 heavy (non-hydrogen) atoms. The van der Waals surface area contributed by atoms with Gasteiger partial charge in [0.1, 0.15) is 0 Å². The lowest BCUT2D eigenvalue weighted by atomic mass is 9.70. The summed E-state index contributed by atoms with van der Waals surface area (Å²) in [7, 11) is 0. The van der Waals surface area contributed by atoms with Crippen LogP contribution in [0.5, 0.6) is 0 Å². The molecule has 2 nitrogen and oxygen atoms in total. The molecule has 0 rings (SSSR count). The second-order valence-corrected chi connectivity index (χ2v) is 11.4. The first kappa shape index (κ1) is 33.5.